The Labute approximate surface area is 172 Å². The van der Waals surface area contributed by atoms with Gasteiger partial charge in [-0.05, 0) is 29.7 Å². The number of hydrogen-bond donors (Lipinski definition) is 2. The van der Waals surface area contributed by atoms with Crippen molar-refractivity contribution < 1.29 is 14.3 Å². The molecule has 4 rings (SSSR count). The Balaban J connectivity index is 1.24. The summed E-state index contributed by atoms with van der Waals surface area (Å²) < 4.78 is 10.9. The number of carbonyl (C=O) groups excluding carboxylic acids is 1. The van der Waals surface area contributed by atoms with Crippen LogP contribution in [0, 0.1) is 0 Å². The molecule has 2 aliphatic rings. The molecule has 6 nitrogen and oxygen atoms in total. The van der Waals surface area contributed by atoms with Crippen molar-refractivity contribution in [3.63, 3.8) is 0 Å². The fourth-order valence-electron chi connectivity index (χ4n) is 3.89. The third kappa shape index (κ3) is 4.82. The van der Waals surface area contributed by atoms with Gasteiger partial charge in [0, 0.05) is 37.6 Å². The Hall–Kier alpha value is -2.73. The van der Waals surface area contributed by atoms with Crippen LogP contribution in [0.3, 0.4) is 0 Å². The zero-order valence-corrected chi connectivity index (χ0v) is 17.1. The molecule has 0 spiro atoms. The third-order valence-electron chi connectivity index (χ3n) is 5.70. The molecule has 2 heterocycles. The first-order chi connectivity index (χ1) is 14.0. The van der Waals surface area contributed by atoms with E-state index in [0.717, 1.165) is 43.1 Å². The van der Waals surface area contributed by atoms with Crippen LogP contribution in [0.5, 0.6) is 11.5 Å². The van der Waals surface area contributed by atoms with Crippen LogP contribution in [0.25, 0.3) is 0 Å². The van der Waals surface area contributed by atoms with Crippen molar-refractivity contribution in [2.24, 2.45) is 0 Å². The van der Waals surface area contributed by atoms with Gasteiger partial charge in [0.05, 0.1) is 0 Å². The average Bonchev–Trinajstić information content (AvgIpc) is 3.36. The highest BCUT2D eigenvalue weighted by Crippen LogP contribution is 2.36. The van der Waals surface area contributed by atoms with Crippen molar-refractivity contribution >= 4 is 6.03 Å². The number of amides is 2. The normalized spacial score (nSPS) is 18.6. The van der Waals surface area contributed by atoms with Crippen LogP contribution in [0.4, 0.5) is 4.79 Å². The second-order valence-electron chi connectivity index (χ2n) is 8.49. The van der Waals surface area contributed by atoms with Crippen LogP contribution < -0.4 is 20.1 Å². The van der Waals surface area contributed by atoms with Gasteiger partial charge in [-0.25, -0.2) is 4.79 Å². The number of benzene rings is 2. The van der Waals surface area contributed by atoms with E-state index in [1.165, 1.54) is 5.56 Å². The lowest BCUT2D eigenvalue weighted by atomic mass is 9.84. The van der Waals surface area contributed by atoms with Gasteiger partial charge in [-0.15, -0.1) is 0 Å². The van der Waals surface area contributed by atoms with E-state index in [4.69, 9.17) is 9.47 Å². The molecule has 2 aromatic carbocycles. The van der Waals surface area contributed by atoms with Gasteiger partial charge >= 0.3 is 6.03 Å². The Bertz CT molecular complexity index is 854. The molecule has 1 fully saturated rings. The molecule has 1 unspecified atom stereocenters. The van der Waals surface area contributed by atoms with E-state index in [1.54, 1.807) is 0 Å². The van der Waals surface area contributed by atoms with E-state index < -0.39 is 0 Å². The van der Waals surface area contributed by atoms with Gasteiger partial charge in [0.25, 0.3) is 0 Å². The summed E-state index contributed by atoms with van der Waals surface area (Å²) in [5, 5.41) is 6.16. The van der Waals surface area contributed by atoms with Crippen LogP contribution in [-0.2, 0) is 12.0 Å². The maximum atomic E-state index is 12.4. The van der Waals surface area contributed by atoms with Crippen LogP contribution in [0.15, 0.2) is 48.5 Å². The van der Waals surface area contributed by atoms with E-state index in [2.05, 4.69) is 53.6 Å². The Morgan fingerprint density at radius 3 is 2.76 bits per heavy atom. The van der Waals surface area contributed by atoms with Crippen LogP contribution in [-0.4, -0.2) is 43.4 Å². The first-order valence-electron chi connectivity index (χ1n) is 10.2. The fourth-order valence-corrected chi connectivity index (χ4v) is 3.89. The van der Waals surface area contributed by atoms with E-state index in [9.17, 15) is 4.79 Å². The number of carbonyl (C=O) groups is 1. The SMILES string of the molecule is CC(C)(CNC(=O)NC1CCN(Cc2ccccc2)C1)c1ccc2c(c1)OCO2. The van der Waals surface area contributed by atoms with Crippen LogP contribution in [0.2, 0.25) is 0 Å². The van der Waals surface area contributed by atoms with Crippen molar-refractivity contribution in [2.75, 3.05) is 26.4 Å². The highest BCUT2D eigenvalue weighted by Gasteiger charge is 2.27. The predicted molar refractivity (Wildman–Crippen MR) is 112 cm³/mol. The Kier molecular flexibility index (Phi) is 5.62. The molecule has 29 heavy (non-hydrogen) atoms. The summed E-state index contributed by atoms with van der Waals surface area (Å²) in [6.07, 6.45) is 0.978. The van der Waals surface area contributed by atoms with Crippen molar-refractivity contribution in [1.82, 2.24) is 15.5 Å². The fraction of sp³-hybridized carbons (Fsp3) is 0.435. The topological polar surface area (TPSA) is 62.8 Å². The van der Waals surface area contributed by atoms with Crippen molar-refractivity contribution in [2.45, 2.75) is 38.3 Å². The molecule has 6 heteroatoms. The van der Waals surface area contributed by atoms with Gasteiger partial charge in [-0.2, -0.15) is 0 Å². The molecule has 0 bridgehead atoms. The van der Waals surface area contributed by atoms with Crippen molar-refractivity contribution in [3.05, 3.63) is 59.7 Å². The van der Waals surface area contributed by atoms with Gasteiger partial charge < -0.3 is 20.1 Å². The summed E-state index contributed by atoms with van der Waals surface area (Å²) in [5.41, 5.74) is 2.20. The van der Waals surface area contributed by atoms with Crippen LogP contribution in [0.1, 0.15) is 31.4 Å². The number of urea groups is 1. The number of hydrogen-bond acceptors (Lipinski definition) is 4. The van der Waals surface area contributed by atoms with Gasteiger partial charge in [0.15, 0.2) is 11.5 Å². The molecule has 0 aliphatic carbocycles. The molecule has 0 radical (unpaired) electrons. The summed E-state index contributed by atoms with van der Waals surface area (Å²) in [4.78, 5) is 14.8. The number of nitrogens with one attached hydrogen (secondary N) is 2. The number of rotatable bonds is 6. The lowest BCUT2D eigenvalue weighted by Crippen LogP contribution is -2.46. The Morgan fingerprint density at radius 2 is 1.93 bits per heavy atom. The lowest BCUT2D eigenvalue weighted by Gasteiger charge is -2.26. The standard InChI is InChI=1S/C23H29N3O3/c1-23(2,18-8-9-20-21(12-18)29-16-28-20)15-24-22(27)25-19-10-11-26(14-19)13-17-6-4-3-5-7-17/h3-9,12,19H,10-11,13-16H2,1-2H3,(H2,24,25,27). The monoisotopic (exact) mass is 395 g/mol. The predicted octanol–water partition coefficient (Wildman–Crippen LogP) is 3.27. The summed E-state index contributed by atoms with van der Waals surface area (Å²) in [5.74, 6) is 1.54. The molecule has 2 aliphatic heterocycles. The Morgan fingerprint density at radius 1 is 1.14 bits per heavy atom. The molecule has 0 aromatic heterocycles. The molecule has 2 amide bonds. The summed E-state index contributed by atoms with van der Waals surface area (Å²) in [6, 6.07) is 16.5. The van der Waals surface area contributed by atoms with Crippen molar-refractivity contribution in [1.29, 1.82) is 0 Å². The summed E-state index contributed by atoms with van der Waals surface area (Å²) >= 11 is 0. The largest absolute Gasteiger partial charge is 0.454 e. The minimum atomic E-state index is -0.215. The zero-order valence-electron chi connectivity index (χ0n) is 17.1. The molecule has 0 saturated carbocycles. The van der Waals surface area contributed by atoms with Crippen molar-refractivity contribution in [3.8, 4) is 11.5 Å². The van der Waals surface area contributed by atoms with E-state index in [0.29, 0.717) is 6.54 Å². The number of nitrogens with zero attached hydrogens (tertiary/aromatic N) is 1. The minimum absolute atomic E-state index is 0.106. The van der Waals surface area contributed by atoms with Gasteiger partial charge in [-0.1, -0.05) is 50.2 Å². The molecule has 2 N–H and O–H groups in total. The second kappa shape index (κ2) is 8.33. The molecule has 2 aromatic rings. The number of ether oxygens (including phenoxy) is 2. The molecule has 1 saturated heterocycles. The first-order valence-corrected chi connectivity index (χ1v) is 10.2. The minimum Gasteiger partial charge on any atom is -0.454 e. The number of fused-ring (bicyclic) bond motifs is 1. The number of likely N-dealkylation sites (tertiary alicyclic amines) is 1. The van der Waals surface area contributed by atoms with E-state index in [1.807, 2.05) is 24.3 Å². The molecular formula is C23H29N3O3. The second-order valence-corrected chi connectivity index (χ2v) is 8.49. The maximum absolute atomic E-state index is 12.4. The van der Waals surface area contributed by atoms with Gasteiger partial charge in [0.2, 0.25) is 6.79 Å². The quantitative estimate of drug-likeness (QED) is 0.788. The van der Waals surface area contributed by atoms with E-state index >= 15 is 0 Å². The first kappa shape index (κ1) is 19.6. The molecule has 154 valence electrons. The van der Waals surface area contributed by atoms with Crippen LogP contribution >= 0.6 is 0 Å². The van der Waals surface area contributed by atoms with Gasteiger partial charge in [0.1, 0.15) is 0 Å². The molecular weight excluding hydrogens is 366 g/mol. The summed E-state index contributed by atoms with van der Waals surface area (Å²) in [6.45, 7) is 7.85. The average molecular weight is 396 g/mol. The zero-order chi connectivity index (χ0) is 20.3. The van der Waals surface area contributed by atoms with Gasteiger partial charge in [-0.3, -0.25) is 4.90 Å². The summed E-state index contributed by atoms with van der Waals surface area (Å²) in [7, 11) is 0. The smallest absolute Gasteiger partial charge is 0.315 e. The third-order valence-corrected chi connectivity index (χ3v) is 5.70. The highest BCUT2D eigenvalue weighted by molar-refractivity contribution is 5.74. The van der Waals surface area contributed by atoms with E-state index in [-0.39, 0.29) is 24.3 Å². The maximum Gasteiger partial charge on any atom is 0.315 e. The lowest BCUT2D eigenvalue weighted by molar-refractivity contribution is 0.174. The highest BCUT2D eigenvalue weighted by atomic mass is 16.7. The molecule has 1 atom stereocenters.